The molecule has 35 heavy (non-hydrogen) atoms. The highest BCUT2D eigenvalue weighted by molar-refractivity contribution is 6.32. The molecule has 0 unspecified atom stereocenters. The number of tetrazole rings is 1. The minimum absolute atomic E-state index is 0.315. The number of nitrogens with zero attached hydrogens (tertiary/aromatic N) is 4. The molecular formula is C26H19ClF2N6. The molecule has 0 aliphatic heterocycles. The second-order valence-electron chi connectivity index (χ2n) is 7.85. The van der Waals surface area contributed by atoms with Crippen LogP contribution in [-0.2, 0) is 0 Å². The monoisotopic (exact) mass is 488 g/mol. The SMILES string of the molecule is CC/C(=C(/c1ccc(/C=C/c2nnn[nH]2)cc1)c1ccc2[nH]nc(F)c2c1)c1ccc(F)cc1Cl. The van der Waals surface area contributed by atoms with Gasteiger partial charge >= 0.3 is 0 Å². The molecule has 3 aromatic carbocycles. The first-order valence-corrected chi connectivity index (χ1v) is 11.3. The van der Waals surface area contributed by atoms with Gasteiger partial charge in [-0.25, -0.2) is 9.49 Å². The minimum Gasteiger partial charge on any atom is -0.275 e. The standard InChI is InChI=1S/C26H19ClF2N6/c1-2-19(20-10-9-18(28)14-22(20)27)25(17-8-11-23-21(13-17)26(29)33-30-23)16-6-3-15(4-7-16)5-12-24-31-34-35-32-24/h3-14H,2H2,1H3,(H,30,33)(H,31,32,34,35)/b12-5+,25-19+. The zero-order valence-corrected chi connectivity index (χ0v) is 19.3. The maximum absolute atomic E-state index is 14.3. The normalized spacial score (nSPS) is 12.5. The molecule has 5 rings (SSSR count). The number of nitrogens with one attached hydrogen (secondary N) is 2. The van der Waals surface area contributed by atoms with Gasteiger partial charge in [-0.05, 0) is 80.6 Å². The van der Waals surface area contributed by atoms with Crippen LogP contribution in [0.4, 0.5) is 8.78 Å². The van der Waals surface area contributed by atoms with E-state index in [1.54, 1.807) is 24.3 Å². The first kappa shape index (κ1) is 22.6. The third kappa shape index (κ3) is 4.61. The fourth-order valence-corrected chi connectivity index (χ4v) is 4.34. The third-order valence-electron chi connectivity index (χ3n) is 5.71. The topological polar surface area (TPSA) is 83.1 Å². The highest BCUT2D eigenvalue weighted by Crippen LogP contribution is 2.38. The van der Waals surface area contributed by atoms with Gasteiger partial charge in [-0.2, -0.15) is 4.39 Å². The van der Waals surface area contributed by atoms with E-state index < -0.39 is 11.8 Å². The summed E-state index contributed by atoms with van der Waals surface area (Å²) >= 11 is 6.46. The fraction of sp³-hybridized carbons (Fsp3) is 0.0769. The van der Waals surface area contributed by atoms with Crippen LogP contribution in [0, 0.1) is 11.8 Å². The van der Waals surface area contributed by atoms with Crippen molar-refractivity contribution in [2.75, 3.05) is 0 Å². The molecule has 2 N–H and O–H groups in total. The average Bonchev–Trinajstić information content (AvgIpc) is 3.52. The van der Waals surface area contributed by atoms with Crippen LogP contribution in [-0.4, -0.2) is 30.8 Å². The molecule has 5 aromatic rings. The predicted molar refractivity (Wildman–Crippen MR) is 133 cm³/mol. The van der Waals surface area contributed by atoms with E-state index in [0.717, 1.165) is 33.4 Å². The second kappa shape index (κ2) is 9.60. The second-order valence-corrected chi connectivity index (χ2v) is 8.26. The van der Waals surface area contributed by atoms with Crippen LogP contribution in [0.25, 0.3) is 34.2 Å². The van der Waals surface area contributed by atoms with Gasteiger partial charge in [0.2, 0.25) is 5.95 Å². The van der Waals surface area contributed by atoms with Crippen LogP contribution in [0.2, 0.25) is 5.02 Å². The molecule has 9 heteroatoms. The summed E-state index contributed by atoms with van der Waals surface area (Å²) in [6, 6.07) is 17.7. The number of hydrogen-bond acceptors (Lipinski definition) is 4. The summed E-state index contributed by atoms with van der Waals surface area (Å²) in [5.41, 5.74) is 5.76. The lowest BCUT2D eigenvalue weighted by Gasteiger charge is -2.18. The molecule has 0 amide bonds. The van der Waals surface area contributed by atoms with E-state index in [2.05, 4.69) is 30.8 Å². The number of hydrogen-bond donors (Lipinski definition) is 2. The number of fused-ring (bicyclic) bond motifs is 1. The van der Waals surface area contributed by atoms with Gasteiger partial charge in [-0.1, -0.05) is 61.0 Å². The summed E-state index contributed by atoms with van der Waals surface area (Å²) in [4.78, 5) is 0. The molecular weight excluding hydrogens is 470 g/mol. The van der Waals surface area contributed by atoms with E-state index >= 15 is 0 Å². The maximum Gasteiger partial charge on any atom is 0.240 e. The Morgan fingerprint density at radius 2 is 1.74 bits per heavy atom. The first-order valence-electron chi connectivity index (χ1n) is 10.9. The molecule has 0 bridgehead atoms. The van der Waals surface area contributed by atoms with Crippen LogP contribution in [0.3, 0.4) is 0 Å². The van der Waals surface area contributed by atoms with Crippen molar-refractivity contribution >= 4 is 45.8 Å². The summed E-state index contributed by atoms with van der Waals surface area (Å²) in [6.07, 6.45) is 4.28. The number of halogens is 3. The Hall–Kier alpha value is -4.17. The number of H-pyrrole nitrogens is 2. The van der Waals surface area contributed by atoms with Crippen LogP contribution in [0.15, 0.2) is 60.7 Å². The van der Waals surface area contributed by atoms with E-state index in [1.807, 2.05) is 43.3 Å². The lowest BCUT2D eigenvalue weighted by molar-refractivity contribution is 0.588. The average molecular weight is 489 g/mol. The van der Waals surface area contributed by atoms with Gasteiger partial charge in [-0.15, -0.1) is 10.2 Å². The lowest BCUT2D eigenvalue weighted by atomic mass is 9.87. The fourth-order valence-electron chi connectivity index (χ4n) is 4.06. The number of aromatic nitrogens is 6. The minimum atomic E-state index is -0.568. The van der Waals surface area contributed by atoms with Gasteiger partial charge < -0.3 is 0 Å². The van der Waals surface area contributed by atoms with Crippen LogP contribution >= 0.6 is 11.6 Å². The molecule has 174 valence electrons. The van der Waals surface area contributed by atoms with E-state index in [9.17, 15) is 8.78 Å². The lowest BCUT2D eigenvalue weighted by Crippen LogP contribution is -1.97. The summed E-state index contributed by atoms with van der Waals surface area (Å²) < 4.78 is 28.1. The Morgan fingerprint density at radius 3 is 2.46 bits per heavy atom. The van der Waals surface area contributed by atoms with E-state index in [4.69, 9.17) is 11.6 Å². The third-order valence-corrected chi connectivity index (χ3v) is 6.02. The predicted octanol–water partition coefficient (Wildman–Crippen LogP) is 6.55. The molecule has 0 saturated carbocycles. The number of rotatable bonds is 6. The van der Waals surface area contributed by atoms with Gasteiger partial charge in [0.15, 0.2) is 5.82 Å². The zero-order chi connectivity index (χ0) is 24.4. The van der Waals surface area contributed by atoms with Crippen molar-refractivity contribution in [1.29, 1.82) is 0 Å². The number of allylic oxidation sites excluding steroid dienone is 1. The van der Waals surface area contributed by atoms with Crippen molar-refractivity contribution in [3.8, 4) is 0 Å². The molecule has 0 atom stereocenters. The Balaban J connectivity index is 1.67. The van der Waals surface area contributed by atoms with Gasteiger partial charge in [-0.3, -0.25) is 5.10 Å². The molecule has 0 fully saturated rings. The van der Waals surface area contributed by atoms with Crippen LogP contribution < -0.4 is 0 Å². The molecule has 2 heterocycles. The maximum atomic E-state index is 14.3. The van der Waals surface area contributed by atoms with Crippen molar-refractivity contribution in [3.05, 3.63) is 106 Å². The van der Waals surface area contributed by atoms with Crippen molar-refractivity contribution < 1.29 is 8.78 Å². The highest BCUT2D eigenvalue weighted by atomic mass is 35.5. The molecule has 0 aliphatic carbocycles. The van der Waals surface area contributed by atoms with E-state index in [0.29, 0.717) is 28.2 Å². The van der Waals surface area contributed by atoms with Gasteiger partial charge in [0.1, 0.15) is 5.82 Å². The zero-order valence-electron chi connectivity index (χ0n) is 18.6. The van der Waals surface area contributed by atoms with Crippen molar-refractivity contribution in [2.24, 2.45) is 0 Å². The summed E-state index contributed by atoms with van der Waals surface area (Å²) in [7, 11) is 0. The Kier molecular flexibility index (Phi) is 6.20. The van der Waals surface area contributed by atoms with Gasteiger partial charge in [0.05, 0.1) is 15.9 Å². The largest absolute Gasteiger partial charge is 0.275 e. The van der Waals surface area contributed by atoms with Crippen LogP contribution in [0.5, 0.6) is 0 Å². The van der Waals surface area contributed by atoms with Crippen molar-refractivity contribution in [2.45, 2.75) is 13.3 Å². The molecule has 0 radical (unpaired) electrons. The summed E-state index contributed by atoms with van der Waals surface area (Å²) in [6.45, 7) is 2.01. The van der Waals surface area contributed by atoms with Crippen LogP contribution in [0.1, 0.15) is 41.4 Å². The van der Waals surface area contributed by atoms with Crippen molar-refractivity contribution in [1.82, 2.24) is 30.8 Å². The van der Waals surface area contributed by atoms with E-state index in [-0.39, 0.29) is 0 Å². The Morgan fingerprint density at radius 1 is 0.943 bits per heavy atom. The summed E-state index contributed by atoms with van der Waals surface area (Å²) in [5, 5.41) is 20.7. The van der Waals surface area contributed by atoms with Gasteiger partial charge in [0.25, 0.3) is 0 Å². The number of aromatic amines is 2. The summed E-state index contributed by atoms with van der Waals surface area (Å²) in [5.74, 6) is -0.429. The molecule has 0 aliphatic rings. The Bertz CT molecular complexity index is 1550. The molecule has 2 aromatic heterocycles. The first-order chi connectivity index (χ1) is 17.0. The number of benzene rings is 3. The smallest absolute Gasteiger partial charge is 0.240 e. The Labute approximate surface area is 204 Å². The highest BCUT2D eigenvalue weighted by Gasteiger charge is 2.17. The quantitative estimate of drug-likeness (QED) is 0.265. The van der Waals surface area contributed by atoms with Crippen molar-refractivity contribution in [3.63, 3.8) is 0 Å². The van der Waals surface area contributed by atoms with E-state index in [1.165, 1.54) is 12.1 Å². The molecule has 0 spiro atoms. The van der Waals surface area contributed by atoms with Gasteiger partial charge in [0, 0.05) is 0 Å². The molecule has 6 nitrogen and oxygen atoms in total. The molecule has 0 saturated heterocycles.